The van der Waals surface area contributed by atoms with Crippen LogP contribution in [0.25, 0.3) is 0 Å². The van der Waals surface area contributed by atoms with Gasteiger partial charge in [-0.3, -0.25) is 4.84 Å². The topological polar surface area (TPSA) is 72.5 Å². The zero-order valence-corrected chi connectivity index (χ0v) is 7.43. The Bertz CT molecular complexity index is 118. The molecule has 1 atom stereocenters. The molecule has 0 aliphatic heterocycles. The van der Waals surface area contributed by atoms with E-state index in [0.717, 1.165) is 0 Å². The molecule has 0 rings (SSSR count). The van der Waals surface area contributed by atoms with Crippen molar-refractivity contribution >= 4 is 18.4 Å². The molecule has 11 heavy (non-hydrogen) atoms. The predicted molar refractivity (Wildman–Crippen MR) is 43.4 cm³/mol. The zero-order chi connectivity index (χ0) is 8.15. The Hall–Kier alpha value is -0.320. The van der Waals surface area contributed by atoms with Gasteiger partial charge in [-0.15, -0.1) is 12.4 Å². The van der Waals surface area contributed by atoms with Crippen molar-refractivity contribution in [1.29, 1.82) is 0 Å². The summed E-state index contributed by atoms with van der Waals surface area (Å²) in [5, 5.41) is 8.42. The van der Waals surface area contributed by atoms with Crippen molar-refractivity contribution in [2.24, 2.45) is 11.8 Å². The quantitative estimate of drug-likeness (QED) is 0.633. The molecule has 0 fully saturated rings. The minimum atomic E-state index is -1.00. The number of rotatable bonds is 4. The Morgan fingerprint density at radius 2 is 2.09 bits per heavy atom. The maximum absolute atomic E-state index is 10.3. The van der Waals surface area contributed by atoms with Crippen LogP contribution < -0.4 is 5.90 Å². The molecule has 0 aromatic rings. The monoisotopic (exact) mass is 183 g/mol. The third-order valence-corrected chi connectivity index (χ3v) is 1.13. The van der Waals surface area contributed by atoms with Crippen LogP contribution in [0.2, 0.25) is 0 Å². The second-order valence-corrected chi connectivity index (χ2v) is 2.59. The Labute approximate surface area is 72.1 Å². The van der Waals surface area contributed by atoms with E-state index in [1.807, 2.05) is 13.8 Å². The van der Waals surface area contributed by atoms with E-state index < -0.39 is 12.1 Å². The molecule has 0 bridgehead atoms. The second-order valence-electron chi connectivity index (χ2n) is 2.59. The number of hydrogen-bond acceptors (Lipinski definition) is 3. The lowest BCUT2D eigenvalue weighted by atomic mass is 10.1. The number of aliphatic carboxylic acids is 1. The van der Waals surface area contributed by atoms with Crippen molar-refractivity contribution in [2.75, 3.05) is 0 Å². The number of carboxylic acid groups (broad SMARTS) is 1. The van der Waals surface area contributed by atoms with E-state index in [1.165, 1.54) is 0 Å². The molecule has 0 unspecified atom stereocenters. The zero-order valence-electron chi connectivity index (χ0n) is 6.61. The summed E-state index contributed by atoms with van der Waals surface area (Å²) in [4.78, 5) is 14.5. The maximum Gasteiger partial charge on any atom is 0.334 e. The van der Waals surface area contributed by atoms with Gasteiger partial charge >= 0.3 is 5.97 Å². The standard InChI is InChI=1S/C6H13NO3.ClH/c1-4(2)3-5(10-7)6(8)9;/h4-5H,3,7H2,1-2H3,(H,8,9);1H/t5-;/m0./s1. The molecule has 0 aromatic heterocycles. The molecule has 0 saturated heterocycles. The van der Waals surface area contributed by atoms with Crippen LogP contribution in [-0.4, -0.2) is 17.2 Å². The highest BCUT2D eigenvalue weighted by atomic mass is 35.5. The number of carbonyl (C=O) groups is 1. The largest absolute Gasteiger partial charge is 0.479 e. The van der Waals surface area contributed by atoms with Gasteiger partial charge < -0.3 is 5.11 Å². The molecule has 4 nitrogen and oxygen atoms in total. The highest BCUT2D eigenvalue weighted by Gasteiger charge is 2.17. The molecule has 0 saturated carbocycles. The lowest BCUT2D eigenvalue weighted by Crippen LogP contribution is -2.28. The second kappa shape index (κ2) is 6.39. The van der Waals surface area contributed by atoms with Crippen LogP contribution in [0, 0.1) is 5.92 Å². The van der Waals surface area contributed by atoms with Crippen LogP contribution >= 0.6 is 12.4 Å². The number of carboxylic acids is 1. The number of hydrogen-bond donors (Lipinski definition) is 2. The Balaban J connectivity index is 0. The fourth-order valence-corrected chi connectivity index (χ4v) is 0.643. The first-order valence-electron chi connectivity index (χ1n) is 3.16. The van der Waals surface area contributed by atoms with Crippen LogP contribution in [0.4, 0.5) is 0 Å². The molecule has 5 heteroatoms. The summed E-state index contributed by atoms with van der Waals surface area (Å²) < 4.78 is 0. The van der Waals surface area contributed by atoms with E-state index in [-0.39, 0.29) is 18.3 Å². The van der Waals surface area contributed by atoms with Gasteiger partial charge in [-0.25, -0.2) is 10.7 Å². The van der Waals surface area contributed by atoms with Crippen LogP contribution in [0.15, 0.2) is 0 Å². The minimum Gasteiger partial charge on any atom is -0.479 e. The van der Waals surface area contributed by atoms with Crippen LogP contribution in [0.5, 0.6) is 0 Å². The Morgan fingerprint density at radius 3 is 2.18 bits per heavy atom. The molecule has 0 aliphatic carbocycles. The number of nitrogens with two attached hydrogens (primary N) is 1. The third kappa shape index (κ3) is 6.09. The first kappa shape index (κ1) is 13.3. The van der Waals surface area contributed by atoms with Gasteiger partial charge in [0.1, 0.15) is 0 Å². The summed E-state index contributed by atoms with van der Waals surface area (Å²) >= 11 is 0. The SMILES string of the molecule is CC(C)C[C@H](ON)C(=O)O.Cl. The van der Waals surface area contributed by atoms with Gasteiger partial charge in [0.05, 0.1) is 0 Å². The molecule has 68 valence electrons. The normalized spacial score (nSPS) is 12.4. The van der Waals surface area contributed by atoms with Crippen LogP contribution in [-0.2, 0) is 9.63 Å². The fourth-order valence-electron chi connectivity index (χ4n) is 0.643. The fraction of sp³-hybridized carbons (Fsp3) is 0.833. The van der Waals surface area contributed by atoms with Crippen molar-refractivity contribution < 1.29 is 14.7 Å². The van der Waals surface area contributed by atoms with Crippen LogP contribution in [0.3, 0.4) is 0 Å². The van der Waals surface area contributed by atoms with E-state index in [4.69, 9.17) is 11.0 Å². The number of halogens is 1. The third-order valence-electron chi connectivity index (χ3n) is 1.13. The average molecular weight is 184 g/mol. The highest BCUT2D eigenvalue weighted by molar-refractivity contribution is 5.85. The van der Waals surface area contributed by atoms with Crippen molar-refractivity contribution in [2.45, 2.75) is 26.4 Å². The first-order valence-corrected chi connectivity index (χ1v) is 3.16. The lowest BCUT2D eigenvalue weighted by Gasteiger charge is -2.10. The molecule has 0 amide bonds. The summed E-state index contributed by atoms with van der Waals surface area (Å²) in [6, 6.07) is 0. The maximum atomic E-state index is 10.3. The lowest BCUT2D eigenvalue weighted by molar-refractivity contribution is -0.151. The predicted octanol–water partition coefficient (Wildman–Crippen LogP) is 0.798. The molecule has 0 radical (unpaired) electrons. The van der Waals surface area contributed by atoms with Gasteiger partial charge in [0.25, 0.3) is 0 Å². The molecule has 0 aromatic carbocycles. The van der Waals surface area contributed by atoms with E-state index >= 15 is 0 Å². The van der Waals surface area contributed by atoms with Gasteiger partial charge in [-0.1, -0.05) is 13.8 Å². The molecule has 0 aliphatic rings. The van der Waals surface area contributed by atoms with Crippen molar-refractivity contribution in [1.82, 2.24) is 0 Å². The highest BCUT2D eigenvalue weighted by Crippen LogP contribution is 2.06. The van der Waals surface area contributed by atoms with Gasteiger partial charge in [-0.05, 0) is 12.3 Å². The van der Waals surface area contributed by atoms with Crippen molar-refractivity contribution in [3.05, 3.63) is 0 Å². The molecule has 0 heterocycles. The Morgan fingerprint density at radius 1 is 1.64 bits per heavy atom. The summed E-state index contributed by atoms with van der Waals surface area (Å²) in [7, 11) is 0. The van der Waals surface area contributed by atoms with E-state index in [9.17, 15) is 4.79 Å². The first-order chi connectivity index (χ1) is 4.57. The van der Waals surface area contributed by atoms with Gasteiger partial charge in [0.15, 0.2) is 6.10 Å². The molecular formula is C6H14ClNO3. The van der Waals surface area contributed by atoms with Gasteiger partial charge in [0.2, 0.25) is 0 Å². The minimum absolute atomic E-state index is 0. The van der Waals surface area contributed by atoms with Crippen LogP contribution in [0.1, 0.15) is 20.3 Å². The van der Waals surface area contributed by atoms with E-state index in [0.29, 0.717) is 6.42 Å². The smallest absolute Gasteiger partial charge is 0.334 e. The summed E-state index contributed by atoms with van der Waals surface area (Å²) in [6.45, 7) is 3.82. The summed E-state index contributed by atoms with van der Waals surface area (Å²) in [5.74, 6) is 4.02. The van der Waals surface area contributed by atoms with E-state index in [1.54, 1.807) is 0 Å². The van der Waals surface area contributed by atoms with Crippen molar-refractivity contribution in [3.63, 3.8) is 0 Å². The van der Waals surface area contributed by atoms with E-state index in [2.05, 4.69) is 4.84 Å². The van der Waals surface area contributed by atoms with Crippen molar-refractivity contribution in [3.8, 4) is 0 Å². The average Bonchev–Trinajstić information content (AvgIpc) is 1.81. The molecule has 3 N–H and O–H groups in total. The molecular weight excluding hydrogens is 170 g/mol. The van der Waals surface area contributed by atoms with Gasteiger partial charge in [0, 0.05) is 0 Å². The summed E-state index contributed by atoms with van der Waals surface area (Å²) in [5.41, 5.74) is 0. The van der Waals surface area contributed by atoms with Gasteiger partial charge in [-0.2, -0.15) is 0 Å². The molecule has 0 spiro atoms. The Kier molecular flexibility index (Phi) is 7.72. The summed E-state index contributed by atoms with van der Waals surface area (Å²) in [6.07, 6.45) is -0.411.